The van der Waals surface area contributed by atoms with Gasteiger partial charge in [0.15, 0.2) is 0 Å². The lowest BCUT2D eigenvalue weighted by atomic mass is 9.93. The van der Waals surface area contributed by atoms with E-state index in [4.69, 9.17) is 4.74 Å². The lowest BCUT2D eigenvalue weighted by Crippen LogP contribution is -2.52. The minimum Gasteiger partial charge on any atom is -0.464 e. The van der Waals surface area contributed by atoms with Crippen molar-refractivity contribution in [3.8, 4) is 11.1 Å². The Labute approximate surface area is 134 Å². The van der Waals surface area contributed by atoms with Crippen LogP contribution in [0.2, 0.25) is 0 Å². The first-order valence-electron chi connectivity index (χ1n) is 7.97. The third kappa shape index (κ3) is 2.67. The summed E-state index contributed by atoms with van der Waals surface area (Å²) in [5.74, 6) is -0.320. The van der Waals surface area contributed by atoms with Gasteiger partial charge in [-0.2, -0.15) is 0 Å². The number of esters is 1. The predicted molar refractivity (Wildman–Crippen MR) is 88.4 cm³/mol. The zero-order valence-corrected chi connectivity index (χ0v) is 13.1. The summed E-state index contributed by atoms with van der Waals surface area (Å²) < 4.78 is 5.13. The molecule has 0 amide bonds. The number of hydrogen-bond acceptors (Lipinski definition) is 5. The maximum absolute atomic E-state index is 12.2. The quantitative estimate of drug-likeness (QED) is 0.637. The van der Waals surface area contributed by atoms with Crippen LogP contribution in [0.1, 0.15) is 26.2 Å². The molecule has 3 rings (SSSR count). The second-order valence-corrected chi connectivity index (χ2v) is 5.70. The van der Waals surface area contributed by atoms with E-state index in [9.17, 15) is 14.4 Å². The van der Waals surface area contributed by atoms with Gasteiger partial charge in [0.1, 0.15) is 11.7 Å². The Morgan fingerprint density at radius 1 is 1.17 bits per heavy atom. The summed E-state index contributed by atoms with van der Waals surface area (Å²) in [6, 6.07) is 8.65. The molecule has 1 fully saturated rings. The fourth-order valence-corrected chi connectivity index (χ4v) is 3.21. The number of ether oxygens (including phenoxy) is 1. The smallest absolute Gasteiger partial charge is 0.328 e. The van der Waals surface area contributed by atoms with Gasteiger partial charge in [0.05, 0.1) is 12.2 Å². The maximum atomic E-state index is 12.2. The Morgan fingerprint density at radius 3 is 2.61 bits per heavy atom. The van der Waals surface area contributed by atoms with Crippen molar-refractivity contribution < 1.29 is 9.53 Å². The molecule has 1 aliphatic heterocycles. The van der Waals surface area contributed by atoms with Gasteiger partial charge in [0.2, 0.25) is 10.9 Å². The summed E-state index contributed by atoms with van der Waals surface area (Å²) in [5, 5.41) is 0. The van der Waals surface area contributed by atoms with Crippen LogP contribution in [-0.2, 0) is 9.53 Å². The molecule has 2 aromatic carbocycles. The molecule has 0 aliphatic carbocycles. The monoisotopic (exact) mass is 313 g/mol. The van der Waals surface area contributed by atoms with Crippen LogP contribution in [0.15, 0.2) is 39.9 Å². The van der Waals surface area contributed by atoms with Crippen molar-refractivity contribution in [3.05, 3.63) is 50.8 Å². The molecule has 120 valence electrons. The van der Waals surface area contributed by atoms with E-state index in [1.807, 2.05) is 30.3 Å². The molecular weight excluding hydrogens is 294 g/mol. The molecule has 1 saturated heterocycles. The zero-order chi connectivity index (χ0) is 16.4. The fraction of sp³-hybridized carbons (Fsp3) is 0.389. The van der Waals surface area contributed by atoms with Gasteiger partial charge in [0.25, 0.3) is 0 Å². The van der Waals surface area contributed by atoms with Crippen LogP contribution in [-0.4, -0.2) is 25.2 Å². The second-order valence-electron chi connectivity index (χ2n) is 5.70. The van der Waals surface area contributed by atoms with Gasteiger partial charge in [-0.3, -0.25) is 9.59 Å². The number of nitrogens with zero attached hydrogens (tertiary/aromatic N) is 1. The van der Waals surface area contributed by atoms with Gasteiger partial charge in [-0.05, 0) is 31.7 Å². The minimum absolute atomic E-state index is 0.306. The van der Waals surface area contributed by atoms with Crippen molar-refractivity contribution >= 4 is 11.7 Å². The first-order valence-corrected chi connectivity index (χ1v) is 7.97. The van der Waals surface area contributed by atoms with Crippen LogP contribution in [0.4, 0.5) is 5.69 Å². The molecule has 5 heteroatoms. The molecule has 1 aliphatic rings. The van der Waals surface area contributed by atoms with Gasteiger partial charge in [-0.1, -0.05) is 30.3 Å². The second kappa shape index (κ2) is 6.36. The maximum Gasteiger partial charge on any atom is 0.328 e. The summed E-state index contributed by atoms with van der Waals surface area (Å²) in [5.41, 5.74) is 0.547. The van der Waals surface area contributed by atoms with Crippen molar-refractivity contribution in [2.75, 3.05) is 18.1 Å². The van der Waals surface area contributed by atoms with Crippen LogP contribution in [0.5, 0.6) is 0 Å². The van der Waals surface area contributed by atoms with Gasteiger partial charge >= 0.3 is 5.97 Å². The van der Waals surface area contributed by atoms with Crippen LogP contribution >= 0.6 is 0 Å². The van der Waals surface area contributed by atoms with Gasteiger partial charge in [-0.25, -0.2) is 4.79 Å². The molecule has 2 aromatic rings. The predicted octanol–water partition coefficient (Wildman–Crippen LogP) is 1.87. The molecule has 0 aromatic heterocycles. The van der Waals surface area contributed by atoms with E-state index in [1.165, 1.54) is 0 Å². The average Bonchev–Trinajstić information content (AvgIpc) is 2.59. The number of hydrogen-bond donors (Lipinski definition) is 0. The number of benzene rings is 1. The van der Waals surface area contributed by atoms with Crippen LogP contribution < -0.4 is 15.8 Å². The summed E-state index contributed by atoms with van der Waals surface area (Å²) in [6.07, 6.45) is 2.45. The molecule has 1 atom stereocenters. The molecule has 23 heavy (non-hydrogen) atoms. The van der Waals surface area contributed by atoms with E-state index < -0.39 is 16.9 Å². The Balaban J connectivity index is 2.01. The zero-order valence-electron chi connectivity index (χ0n) is 13.1. The SMILES string of the molecule is CCOC(=O)C1CCCCN1c1c(-c2ccccc2)c(=O)c1=O. The van der Waals surface area contributed by atoms with Crippen molar-refractivity contribution in [2.24, 2.45) is 0 Å². The van der Waals surface area contributed by atoms with Crippen molar-refractivity contribution in [3.63, 3.8) is 0 Å². The van der Waals surface area contributed by atoms with E-state index in [2.05, 4.69) is 0 Å². The molecule has 0 spiro atoms. The number of carbonyl (C=O) groups excluding carboxylic acids is 1. The number of anilines is 1. The number of rotatable bonds is 4. The van der Waals surface area contributed by atoms with E-state index in [0.29, 0.717) is 30.8 Å². The van der Waals surface area contributed by atoms with Gasteiger partial charge < -0.3 is 9.64 Å². The average molecular weight is 313 g/mol. The Bertz CT molecular complexity index is 774. The lowest BCUT2D eigenvalue weighted by molar-refractivity contribution is -0.145. The summed E-state index contributed by atoms with van der Waals surface area (Å²) >= 11 is 0. The number of piperidine rings is 1. The Hall–Kier alpha value is -2.43. The topological polar surface area (TPSA) is 63.7 Å². The van der Waals surface area contributed by atoms with E-state index in [0.717, 1.165) is 18.4 Å². The van der Waals surface area contributed by atoms with E-state index in [1.54, 1.807) is 11.8 Å². The molecule has 5 nitrogen and oxygen atoms in total. The first-order chi connectivity index (χ1) is 11.1. The summed E-state index contributed by atoms with van der Waals surface area (Å²) in [7, 11) is 0. The van der Waals surface area contributed by atoms with Gasteiger partial charge in [0, 0.05) is 6.54 Å². The normalized spacial score (nSPS) is 18.1. The third-order valence-electron chi connectivity index (χ3n) is 4.30. The highest BCUT2D eigenvalue weighted by Gasteiger charge is 2.36. The van der Waals surface area contributed by atoms with Crippen LogP contribution in [0.3, 0.4) is 0 Å². The highest BCUT2D eigenvalue weighted by molar-refractivity contribution is 5.87. The Kier molecular flexibility index (Phi) is 4.28. The van der Waals surface area contributed by atoms with Crippen molar-refractivity contribution in [1.29, 1.82) is 0 Å². The number of carbonyl (C=O) groups is 1. The molecule has 1 unspecified atom stereocenters. The standard InChI is InChI=1S/C18H19NO4/c1-2-23-18(22)13-10-6-7-11-19(13)15-14(16(20)17(15)21)12-8-4-3-5-9-12/h3-5,8-9,13H,2,6-7,10-11H2,1H3. The van der Waals surface area contributed by atoms with Crippen molar-refractivity contribution in [2.45, 2.75) is 32.2 Å². The van der Waals surface area contributed by atoms with Crippen molar-refractivity contribution in [1.82, 2.24) is 0 Å². The van der Waals surface area contributed by atoms with Crippen LogP contribution in [0.25, 0.3) is 11.1 Å². The van der Waals surface area contributed by atoms with E-state index in [-0.39, 0.29) is 5.97 Å². The Morgan fingerprint density at radius 2 is 1.91 bits per heavy atom. The molecule has 0 radical (unpaired) electrons. The fourth-order valence-electron chi connectivity index (χ4n) is 3.21. The van der Waals surface area contributed by atoms with E-state index >= 15 is 0 Å². The summed E-state index contributed by atoms with van der Waals surface area (Å²) in [6.45, 7) is 2.66. The largest absolute Gasteiger partial charge is 0.464 e. The molecule has 0 saturated carbocycles. The molecule has 0 bridgehead atoms. The highest BCUT2D eigenvalue weighted by Crippen LogP contribution is 2.31. The molecular formula is C18H19NO4. The van der Waals surface area contributed by atoms with Crippen LogP contribution in [0, 0.1) is 0 Å². The first kappa shape index (κ1) is 15.5. The van der Waals surface area contributed by atoms with Gasteiger partial charge in [-0.15, -0.1) is 0 Å². The minimum atomic E-state index is -0.500. The summed E-state index contributed by atoms with van der Waals surface area (Å²) in [4.78, 5) is 38.2. The third-order valence-corrected chi connectivity index (χ3v) is 4.30. The molecule has 0 N–H and O–H groups in total. The lowest BCUT2D eigenvalue weighted by Gasteiger charge is -2.37. The molecule has 1 heterocycles. The highest BCUT2D eigenvalue weighted by atomic mass is 16.5.